The Morgan fingerprint density at radius 2 is 2.04 bits per heavy atom. The van der Waals surface area contributed by atoms with E-state index in [0.29, 0.717) is 25.3 Å². The molecule has 0 fully saturated rings. The molecule has 2 aromatic rings. The highest BCUT2D eigenvalue weighted by molar-refractivity contribution is 6.05. The normalized spacial score (nSPS) is 12.5. The molecule has 1 amide bonds. The van der Waals surface area contributed by atoms with Crippen LogP contribution in [0.5, 0.6) is 0 Å². The molecule has 2 aromatic heterocycles. The smallest absolute Gasteiger partial charge is 0.329 e. The lowest BCUT2D eigenvalue weighted by atomic mass is 10.0. The van der Waals surface area contributed by atoms with E-state index in [2.05, 4.69) is 15.3 Å². The standard InChI is InChI=1S/C18H26N4O4/c1-6-7-22-15-14(17(24)21-18(22)25)12(8-13(20-15)10(2)3)16(23)19-11(4)9-26-5/h8,10-11H,6-7,9H2,1-5H3,(H,19,23)(H,21,24,25). The van der Waals surface area contributed by atoms with Crippen LogP contribution in [0.4, 0.5) is 0 Å². The van der Waals surface area contributed by atoms with Crippen molar-refractivity contribution in [2.24, 2.45) is 0 Å². The van der Waals surface area contributed by atoms with Crippen LogP contribution in [0.3, 0.4) is 0 Å². The van der Waals surface area contributed by atoms with Crippen LogP contribution in [-0.4, -0.2) is 40.2 Å². The molecule has 0 saturated carbocycles. The van der Waals surface area contributed by atoms with Gasteiger partial charge in [-0.15, -0.1) is 0 Å². The van der Waals surface area contributed by atoms with Crippen molar-refractivity contribution >= 4 is 16.9 Å². The first-order valence-electron chi connectivity index (χ1n) is 8.77. The van der Waals surface area contributed by atoms with Crippen molar-refractivity contribution in [2.75, 3.05) is 13.7 Å². The molecule has 26 heavy (non-hydrogen) atoms. The number of H-pyrrole nitrogens is 1. The Balaban J connectivity index is 2.76. The fourth-order valence-electron chi connectivity index (χ4n) is 2.79. The molecule has 1 unspecified atom stereocenters. The van der Waals surface area contributed by atoms with Gasteiger partial charge in [0.1, 0.15) is 0 Å². The van der Waals surface area contributed by atoms with Crippen molar-refractivity contribution < 1.29 is 9.53 Å². The number of carbonyl (C=O) groups excluding carboxylic acids is 1. The number of hydrogen-bond donors (Lipinski definition) is 2. The molecule has 0 saturated heterocycles. The third-order valence-electron chi connectivity index (χ3n) is 4.05. The first-order chi connectivity index (χ1) is 12.3. The Hall–Kier alpha value is -2.48. The van der Waals surface area contributed by atoms with Gasteiger partial charge in [0.2, 0.25) is 0 Å². The molecule has 8 nitrogen and oxygen atoms in total. The number of aromatic nitrogens is 3. The SMILES string of the molecule is CCCn1c(=O)[nH]c(=O)c2c(C(=O)NC(C)COC)cc(C(C)C)nc21. The van der Waals surface area contributed by atoms with Gasteiger partial charge in [0.25, 0.3) is 11.5 Å². The molecule has 142 valence electrons. The molecule has 2 N–H and O–H groups in total. The zero-order valence-electron chi connectivity index (χ0n) is 15.9. The van der Waals surface area contributed by atoms with Gasteiger partial charge in [-0.2, -0.15) is 0 Å². The van der Waals surface area contributed by atoms with Gasteiger partial charge in [-0.1, -0.05) is 20.8 Å². The van der Waals surface area contributed by atoms with Crippen LogP contribution in [-0.2, 0) is 11.3 Å². The van der Waals surface area contributed by atoms with Crippen LogP contribution < -0.4 is 16.6 Å². The summed E-state index contributed by atoms with van der Waals surface area (Å²) in [6.07, 6.45) is 0.695. The molecule has 0 spiro atoms. The van der Waals surface area contributed by atoms with Crippen molar-refractivity contribution in [3.05, 3.63) is 38.2 Å². The maximum atomic E-state index is 12.8. The molecular formula is C18H26N4O4. The largest absolute Gasteiger partial charge is 0.383 e. The Kier molecular flexibility index (Phi) is 6.31. The molecule has 8 heteroatoms. The molecule has 0 aliphatic rings. The second-order valence-electron chi connectivity index (χ2n) is 6.69. The number of methoxy groups -OCH3 is 1. The minimum absolute atomic E-state index is 0.0341. The molecule has 2 heterocycles. The van der Waals surface area contributed by atoms with Gasteiger partial charge in [0.05, 0.1) is 17.6 Å². The van der Waals surface area contributed by atoms with Gasteiger partial charge < -0.3 is 10.1 Å². The van der Waals surface area contributed by atoms with Crippen LogP contribution in [0.15, 0.2) is 15.7 Å². The predicted octanol–water partition coefficient (Wildman–Crippen LogP) is 1.38. The van der Waals surface area contributed by atoms with Gasteiger partial charge >= 0.3 is 5.69 Å². The number of pyridine rings is 1. The Morgan fingerprint density at radius 3 is 2.62 bits per heavy atom. The minimum Gasteiger partial charge on any atom is -0.383 e. The van der Waals surface area contributed by atoms with Gasteiger partial charge in [-0.25, -0.2) is 9.78 Å². The van der Waals surface area contributed by atoms with Crippen LogP contribution in [0.1, 0.15) is 56.1 Å². The highest BCUT2D eigenvalue weighted by Gasteiger charge is 2.21. The number of nitrogens with zero attached hydrogens (tertiary/aromatic N) is 2. The number of aromatic amines is 1. The topological polar surface area (TPSA) is 106 Å². The first kappa shape index (κ1) is 19.8. The maximum absolute atomic E-state index is 12.8. The van der Waals surface area contributed by atoms with E-state index in [-0.39, 0.29) is 28.6 Å². The number of fused-ring (bicyclic) bond motifs is 1. The van der Waals surface area contributed by atoms with Crippen LogP contribution in [0.25, 0.3) is 11.0 Å². The summed E-state index contributed by atoms with van der Waals surface area (Å²) in [5, 5.41) is 2.95. The van der Waals surface area contributed by atoms with Crippen molar-refractivity contribution in [1.29, 1.82) is 0 Å². The summed E-state index contributed by atoms with van der Waals surface area (Å²) in [4.78, 5) is 44.3. The van der Waals surface area contributed by atoms with Crippen LogP contribution >= 0.6 is 0 Å². The molecule has 0 aromatic carbocycles. The second-order valence-corrected chi connectivity index (χ2v) is 6.69. The van der Waals surface area contributed by atoms with E-state index in [9.17, 15) is 14.4 Å². The number of aryl methyl sites for hydroxylation is 1. The van der Waals surface area contributed by atoms with Gasteiger partial charge in [-0.05, 0) is 25.3 Å². The predicted molar refractivity (Wildman–Crippen MR) is 99.8 cm³/mol. The lowest BCUT2D eigenvalue weighted by Crippen LogP contribution is -2.37. The summed E-state index contributed by atoms with van der Waals surface area (Å²) in [6, 6.07) is 1.40. The molecule has 0 bridgehead atoms. The molecule has 1 atom stereocenters. The molecular weight excluding hydrogens is 336 g/mol. The highest BCUT2D eigenvalue weighted by Crippen LogP contribution is 2.20. The number of rotatable bonds is 7. The van der Waals surface area contributed by atoms with Crippen LogP contribution in [0, 0.1) is 0 Å². The molecule has 0 aliphatic heterocycles. The minimum atomic E-state index is -0.607. The number of hydrogen-bond acceptors (Lipinski definition) is 5. The van der Waals surface area contributed by atoms with E-state index in [1.807, 2.05) is 27.7 Å². The van der Waals surface area contributed by atoms with Crippen molar-refractivity contribution in [3.8, 4) is 0 Å². The average molecular weight is 362 g/mol. The summed E-state index contributed by atoms with van der Waals surface area (Å²) in [5.41, 5.74) is -0.0115. The Morgan fingerprint density at radius 1 is 1.35 bits per heavy atom. The van der Waals surface area contributed by atoms with E-state index >= 15 is 0 Å². The quantitative estimate of drug-likeness (QED) is 0.774. The Bertz CT molecular complexity index is 914. The molecule has 0 radical (unpaired) electrons. The van der Waals surface area contributed by atoms with Crippen molar-refractivity contribution in [3.63, 3.8) is 0 Å². The van der Waals surface area contributed by atoms with Gasteiger partial charge in [0.15, 0.2) is 5.65 Å². The molecule has 2 rings (SSSR count). The number of nitrogens with one attached hydrogen (secondary N) is 2. The van der Waals surface area contributed by atoms with Gasteiger partial charge in [-0.3, -0.25) is 19.1 Å². The monoisotopic (exact) mass is 362 g/mol. The fraction of sp³-hybridized carbons (Fsp3) is 0.556. The highest BCUT2D eigenvalue weighted by atomic mass is 16.5. The third-order valence-corrected chi connectivity index (χ3v) is 4.05. The van der Waals surface area contributed by atoms with Crippen LogP contribution in [0.2, 0.25) is 0 Å². The van der Waals surface area contributed by atoms with E-state index in [4.69, 9.17) is 4.74 Å². The molecule has 0 aliphatic carbocycles. The fourth-order valence-corrected chi connectivity index (χ4v) is 2.79. The lowest BCUT2D eigenvalue weighted by Gasteiger charge is -2.16. The van der Waals surface area contributed by atoms with Crippen molar-refractivity contribution in [2.45, 2.75) is 52.6 Å². The lowest BCUT2D eigenvalue weighted by molar-refractivity contribution is 0.0907. The van der Waals surface area contributed by atoms with E-state index in [0.717, 1.165) is 0 Å². The summed E-state index contributed by atoms with van der Waals surface area (Å²) in [6.45, 7) is 8.38. The van der Waals surface area contributed by atoms with E-state index < -0.39 is 17.2 Å². The Labute approximate surface area is 151 Å². The zero-order chi connectivity index (χ0) is 19.4. The third kappa shape index (κ3) is 4.01. The zero-order valence-corrected chi connectivity index (χ0v) is 15.9. The average Bonchev–Trinajstić information content (AvgIpc) is 2.57. The number of ether oxygens (including phenoxy) is 1. The van der Waals surface area contributed by atoms with E-state index in [1.54, 1.807) is 13.2 Å². The van der Waals surface area contributed by atoms with E-state index in [1.165, 1.54) is 4.57 Å². The van der Waals surface area contributed by atoms with Crippen molar-refractivity contribution in [1.82, 2.24) is 19.9 Å². The number of carbonyl (C=O) groups is 1. The number of amides is 1. The summed E-state index contributed by atoms with van der Waals surface area (Å²) >= 11 is 0. The second kappa shape index (κ2) is 8.27. The summed E-state index contributed by atoms with van der Waals surface area (Å²) in [5.74, 6) is -0.358. The summed E-state index contributed by atoms with van der Waals surface area (Å²) in [7, 11) is 1.55. The maximum Gasteiger partial charge on any atom is 0.329 e. The summed E-state index contributed by atoms with van der Waals surface area (Å²) < 4.78 is 6.45. The first-order valence-corrected chi connectivity index (χ1v) is 8.77. The van der Waals surface area contributed by atoms with Gasteiger partial charge in [0, 0.05) is 25.4 Å².